The largest absolute Gasteiger partial charge is 0.477 e. The fraction of sp³-hybridized carbons (Fsp3) is 0.455. The molecule has 0 spiro atoms. The van der Waals surface area contributed by atoms with Gasteiger partial charge in [-0.15, -0.1) is 11.3 Å². The molecule has 4 nitrogen and oxygen atoms in total. The molecule has 3 rings (SSSR count). The van der Waals surface area contributed by atoms with Gasteiger partial charge in [0, 0.05) is 16.8 Å². The summed E-state index contributed by atoms with van der Waals surface area (Å²) in [5.74, 6) is -0.384. The lowest BCUT2D eigenvalue weighted by molar-refractivity contribution is -0.124. The molecule has 1 fully saturated rings. The second-order valence-corrected chi connectivity index (χ2v) is 8.82. The summed E-state index contributed by atoms with van der Waals surface area (Å²) in [5, 5.41) is 9.76. The minimum absolute atomic E-state index is 0.0159. The average molecular weight is 386 g/mol. The molecule has 1 amide bonds. The molecule has 0 radical (unpaired) electrons. The fourth-order valence-electron chi connectivity index (χ4n) is 3.96. The Hall–Kier alpha value is -2.14. The molecule has 0 bridgehead atoms. The number of thiophene rings is 1. The van der Waals surface area contributed by atoms with Crippen LogP contribution in [-0.4, -0.2) is 23.0 Å². The van der Waals surface area contributed by atoms with E-state index in [1.807, 2.05) is 50.2 Å². The maximum absolute atomic E-state index is 13.3. The van der Waals surface area contributed by atoms with Crippen molar-refractivity contribution in [3.8, 4) is 10.4 Å². The molecule has 1 N–H and O–H groups in total. The van der Waals surface area contributed by atoms with Crippen molar-refractivity contribution in [1.29, 1.82) is 0 Å². The number of carbonyl (C=O) groups is 2. The number of anilines is 1. The molecule has 1 saturated carbocycles. The standard InChI is InChI=1S/C22H27NO3S/c1-14(2)23(21(24)17-11-7-8-15(3)12-17)18-13-19(27-20(18)22(25)26)16-9-5-4-6-10-16/h4-6,9-10,13-15,17H,7-8,11-12H2,1-3H3,(H,25,26). The van der Waals surface area contributed by atoms with Gasteiger partial charge in [0.05, 0.1) is 5.69 Å². The van der Waals surface area contributed by atoms with Crippen molar-refractivity contribution >= 4 is 28.9 Å². The van der Waals surface area contributed by atoms with E-state index in [4.69, 9.17) is 0 Å². The van der Waals surface area contributed by atoms with E-state index >= 15 is 0 Å². The van der Waals surface area contributed by atoms with E-state index in [2.05, 4.69) is 6.92 Å². The van der Waals surface area contributed by atoms with Crippen molar-refractivity contribution in [3.63, 3.8) is 0 Å². The highest BCUT2D eigenvalue weighted by molar-refractivity contribution is 7.18. The molecule has 1 aliphatic rings. The highest BCUT2D eigenvalue weighted by atomic mass is 32.1. The van der Waals surface area contributed by atoms with Gasteiger partial charge in [-0.2, -0.15) is 0 Å². The van der Waals surface area contributed by atoms with Crippen LogP contribution >= 0.6 is 11.3 Å². The average Bonchev–Trinajstić information content (AvgIpc) is 3.07. The van der Waals surface area contributed by atoms with Crippen molar-refractivity contribution in [1.82, 2.24) is 0 Å². The van der Waals surface area contributed by atoms with Crippen molar-refractivity contribution in [2.45, 2.75) is 52.5 Å². The Kier molecular flexibility index (Phi) is 6.00. The molecule has 2 atom stereocenters. The number of rotatable bonds is 5. The van der Waals surface area contributed by atoms with Crippen LogP contribution in [-0.2, 0) is 4.79 Å². The number of nitrogens with zero attached hydrogens (tertiary/aromatic N) is 1. The molecule has 2 unspecified atom stereocenters. The van der Waals surface area contributed by atoms with Gasteiger partial charge in [0.1, 0.15) is 4.88 Å². The van der Waals surface area contributed by atoms with Crippen LogP contribution in [0.1, 0.15) is 56.1 Å². The third-order valence-corrected chi connectivity index (χ3v) is 6.43. The summed E-state index contributed by atoms with van der Waals surface area (Å²) < 4.78 is 0. The zero-order valence-corrected chi connectivity index (χ0v) is 17.0. The maximum atomic E-state index is 13.3. The van der Waals surface area contributed by atoms with E-state index < -0.39 is 5.97 Å². The fourth-order valence-corrected chi connectivity index (χ4v) is 4.96. The van der Waals surface area contributed by atoms with Gasteiger partial charge in [-0.1, -0.05) is 50.1 Å². The van der Waals surface area contributed by atoms with E-state index in [1.165, 1.54) is 17.8 Å². The molecule has 1 heterocycles. The Morgan fingerprint density at radius 3 is 2.48 bits per heavy atom. The number of hydrogen-bond acceptors (Lipinski definition) is 3. The number of carboxylic acids is 1. The molecule has 144 valence electrons. The second kappa shape index (κ2) is 8.26. The third-order valence-electron chi connectivity index (χ3n) is 5.26. The lowest BCUT2D eigenvalue weighted by Crippen LogP contribution is -2.42. The number of carbonyl (C=O) groups excluding carboxylic acids is 1. The monoisotopic (exact) mass is 385 g/mol. The Morgan fingerprint density at radius 2 is 1.89 bits per heavy atom. The summed E-state index contributed by atoms with van der Waals surface area (Å²) in [4.78, 5) is 28.1. The normalized spacial score (nSPS) is 19.9. The minimum atomic E-state index is -0.979. The minimum Gasteiger partial charge on any atom is -0.477 e. The van der Waals surface area contributed by atoms with Crippen LogP contribution in [0.2, 0.25) is 0 Å². The first-order valence-electron chi connectivity index (χ1n) is 9.64. The number of aromatic carboxylic acids is 1. The van der Waals surface area contributed by atoms with Gasteiger partial charge in [-0.05, 0) is 44.2 Å². The second-order valence-electron chi connectivity index (χ2n) is 7.77. The van der Waals surface area contributed by atoms with Gasteiger partial charge in [-0.25, -0.2) is 4.79 Å². The van der Waals surface area contributed by atoms with Crippen molar-refractivity contribution in [2.24, 2.45) is 11.8 Å². The molecular formula is C22H27NO3S. The highest BCUT2D eigenvalue weighted by Crippen LogP contribution is 2.39. The van der Waals surface area contributed by atoms with Gasteiger partial charge in [0.15, 0.2) is 0 Å². The van der Waals surface area contributed by atoms with Crippen LogP contribution in [0.25, 0.3) is 10.4 Å². The van der Waals surface area contributed by atoms with Crippen LogP contribution in [0.15, 0.2) is 36.4 Å². The van der Waals surface area contributed by atoms with Gasteiger partial charge >= 0.3 is 5.97 Å². The molecule has 1 aromatic heterocycles. The predicted octanol–water partition coefficient (Wildman–Crippen LogP) is 5.68. The third kappa shape index (κ3) is 4.24. The Bertz CT molecular complexity index is 812. The quantitative estimate of drug-likeness (QED) is 0.720. The summed E-state index contributed by atoms with van der Waals surface area (Å²) in [6.45, 7) is 6.10. The van der Waals surface area contributed by atoms with E-state index in [0.29, 0.717) is 11.6 Å². The van der Waals surface area contributed by atoms with Gasteiger partial charge in [0.2, 0.25) is 5.91 Å². The first-order chi connectivity index (χ1) is 12.9. The van der Waals surface area contributed by atoms with Crippen LogP contribution in [0.4, 0.5) is 5.69 Å². The zero-order chi connectivity index (χ0) is 19.6. The molecule has 1 aromatic carbocycles. The molecular weight excluding hydrogens is 358 g/mol. The van der Waals surface area contributed by atoms with Crippen LogP contribution < -0.4 is 4.90 Å². The molecule has 5 heteroatoms. The summed E-state index contributed by atoms with van der Waals surface area (Å²) in [6.07, 6.45) is 4.02. The number of carboxylic acid groups (broad SMARTS) is 1. The van der Waals surface area contributed by atoms with Gasteiger partial charge < -0.3 is 10.0 Å². The smallest absolute Gasteiger partial charge is 0.348 e. The molecule has 1 aliphatic carbocycles. The Labute approximate surface area is 164 Å². The summed E-state index contributed by atoms with van der Waals surface area (Å²) in [6, 6.07) is 11.5. The number of benzene rings is 1. The lowest BCUT2D eigenvalue weighted by Gasteiger charge is -2.33. The topological polar surface area (TPSA) is 57.6 Å². The van der Waals surface area contributed by atoms with E-state index in [9.17, 15) is 14.7 Å². The highest BCUT2D eigenvalue weighted by Gasteiger charge is 2.33. The van der Waals surface area contributed by atoms with Crippen LogP contribution in [0.5, 0.6) is 0 Å². The predicted molar refractivity (Wildman–Crippen MR) is 110 cm³/mol. The summed E-state index contributed by atoms with van der Waals surface area (Å²) in [7, 11) is 0. The Balaban J connectivity index is 2.01. The van der Waals surface area contributed by atoms with Crippen molar-refractivity contribution in [3.05, 3.63) is 41.3 Å². The van der Waals surface area contributed by atoms with Crippen molar-refractivity contribution in [2.75, 3.05) is 4.90 Å². The first kappa shape index (κ1) is 19.6. The Morgan fingerprint density at radius 1 is 1.19 bits per heavy atom. The van der Waals surface area contributed by atoms with Crippen LogP contribution in [0, 0.1) is 11.8 Å². The molecule has 2 aromatic rings. The number of amides is 1. The molecule has 27 heavy (non-hydrogen) atoms. The van der Waals surface area contributed by atoms with Gasteiger partial charge in [-0.3, -0.25) is 4.79 Å². The summed E-state index contributed by atoms with van der Waals surface area (Å²) >= 11 is 1.24. The van der Waals surface area contributed by atoms with E-state index in [0.717, 1.165) is 29.7 Å². The van der Waals surface area contributed by atoms with Crippen molar-refractivity contribution < 1.29 is 14.7 Å². The molecule has 0 saturated heterocycles. The van der Waals surface area contributed by atoms with E-state index in [-0.39, 0.29) is 22.7 Å². The number of hydrogen-bond donors (Lipinski definition) is 1. The molecule has 0 aliphatic heterocycles. The summed E-state index contributed by atoms with van der Waals surface area (Å²) in [5.41, 5.74) is 1.50. The zero-order valence-electron chi connectivity index (χ0n) is 16.1. The van der Waals surface area contributed by atoms with Crippen LogP contribution in [0.3, 0.4) is 0 Å². The maximum Gasteiger partial charge on any atom is 0.348 e. The van der Waals surface area contributed by atoms with Gasteiger partial charge in [0.25, 0.3) is 0 Å². The lowest BCUT2D eigenvalue weighted by atomic mass is 9.81. The SMILES string of the molecule is CC1CCCC(C(=O)N(c2cc(-c3ccccc3)sc2C(=O)O)C(C)C)C1. The van der Waals surface area contributed by atoms with E-state index in [1.54, 1.807) is 4.90 Å². The first-order valence-corrected chi connectivity index (χ1v) is 10.5.